The van der Waals surface area contributed by atoms with E-state index in [1.54, 1.807) is 0 Å². The predicted molar refractivity (Wildman–Crippen MR) is 307 cm³/mol. The largest absolute Gasteiger partial charge is 0.456 e. The van der Waals surface area contributed by atoms with E-state index in [1.807, 2.05) is 6.07 Å². The average molecular weight is 930 g/mol. The van der Waals surface area contributed by atoms with Gasteiger partial charge < -0.3 is 9.32 Å². The first-order chi connectivity index (χ1) is 35.0. The molecule has 0 N–H and O–H groups in total. The summed E-state index contributed by atoms with van der Waals surface area (Å²) in [4.78, 5) is 2.49. The second-order valence-electron chi connectivity index (χ2n) is 21.6. The highest BCUT2D eigenvalue weighted by Gasteiger charge is 2.30. The van der Waals surface area contributed by atoms with Gasteiger partial charge in [0.1, 0.15) is 11.2 Å². The van der Waals surface area contributed by atoms with Crippen LogP contribution in [0, 0.1) is 0 Å². The SMILES string of the molecule is CC(C)(C)c1cc(C2CC=Cc3cccc(-c4ccccc4N(c4ccc(-c5ccc(-c6cccc7ccccc67)cc5)cc4)c4ccccc4-c4cccc5oc6ccccc6c45)c32)cc(C(C)(C)C)c1. The van der Waals surface area contributed by atoms with Crippen molar-refractivity contribution in [2.24, 2.45) is 0 Å². The van der Waals surface area contributed by atoms with Crippen molar-refractivity contribution in [2.45, 2.75) is 64.7 Å². The van der Waals surface area contributed by atoms with Crippen molar-refractivity contribution in [3.8, 4) is 44.5 Å². The Balaban J connectivity index is 1.03. The lowest BCUT2D eigenvalue weighted by Crippen LogP contribution is -2.18. The Morgan fingerprint density at radius 1 is 0.431 bits per heavy atom. The Kier molecular flexibility index (Phi) is 11.2. The summed E-state index contributed by atoms with van der Waals surface area (Å²) in [6.45, 7) is 14.0. The Morgan fingerprint density at radius 2 is 0.944 bits per heavy atom. The highest BCUT2D eigenvalue weighted by molar-refractivity contribution is 6.14. The number of fused-ring (bicyclic) bond motifs is 5. The van der Waals surface area contributed by atoms with E-state index in [4.69, 9.17) is 4.42 Å². The van der Waals surface area contributed by atoms with E-state index in [0.29, 0.717) is 0 Å². The van der Waals surface area contributed by atoms with Crippen LogP contribution in [-0.4, -0.2) is 0 Å². The van der Waals surface area contributed by atoms with Gasteiger partial charge in [-0.3, -0.25) is 0 Å². The topological polar surface area (TPSA) is 16.4 Å². The number of furan rings is 1. The van der Waals surface area contributed by atoms with E-state index >= 15 is 0 Å². The van der Waals surface area contributed by atoms with Crippen LogP contribution < -0.4 is 4.90 Å². The van der Waals surface area contributed by atoms with Crippen LogP contribution in [0.4, 0.5) is 17.1 Å². The first-order valence-corrected chi connectivity index (χ1v) is 25.5. The maximum Gasteiger partial charge on any atom is 0.136 e. The predicted octanol–water partition coefficient (Wildman–Crippen LogP) is 20.0. The summed E-state index contributed by atoms with van der Waals surface area (Å²) in [6, 6.07) is 80.5. The molecule has 2 nitrogen and oxygen atoms in total. The molecule has 0 spiro atoms. The molecule has 1 heterocycles. The van der Waals surface area contributed by atoms with Crippen LogP contribution in [0.15, 0.2) is 229 Å². The number of rotatable bonds is 8. The van der Waals surface area contributed by atoms with Gasteiger partial charge >= 0.3 is 0 Å². The van der Waals surface area contributed by atoms with Crippen molar-refractivity contribution in [2.75, 3.05) is 4.90 Å². The van der Waals surface area contributed by atoms with Crippen molar-refractivity contribution in [3.63, 3.8) is 0 Å². The standard InChI is InChI=1S/C70H59NO/c1-69(2,3)52-43-51(44-53(45-52)70(4,5)6)57-28-16-21-50-22-17-29-60(67(50)57)58-24-9-12-31-63(58)71(64-32-13-10-25-59(64)61-30-18-34-66-68(61)62-26-11-14-33-65(62)72-66)54-41-39-47(40-42-54)46-35-37-49(38-36-46)56-27-15-20-48-19-7-8-23-55(48)56/h7-27,29-45,57H,28H2,1-6H3. The summed E-state index contributed by atoms with van der Waals surface area (Å²) in [7, 11) is 0. The maximum atomic E-state index is 6.50. The van der Waals surface area contributed by atoms with E-state index in [2.05, 4.69) is 271 Å². The zero-order chi connectivity index (χ0) is 49.1. The summed E-state index contributed by atoms with van der Waals surface area (Å²) >= 11 is 0. The third kappa shape index (κ3) is 8.11. The van der Waals surface area contributed by atoms with Gasteiger partial charge in [0.25, 0.3) is 0 Å². The molecule has 0 saturated heterocycles. The molecule has 72 heavy (non-hydrogen) atoms. The molecule has 0 saturated carbocycles. The smallest absolute Gasteiger partial charge is 0.136 e. The molecular weight excluding hydrogens is 871 g/mol. The molecule has 0 amide bonds. The molecular formula is C70H59NO. The van der Waals surface area contributed by atoms with Crippen LogP contribution in [0.5, 0.6) is 0 Å². The molecule has 0 radical (unpaired) electrons. The molecule has 1 atom stereocenters. The van der Waals surface area contributed by atoms with Crippen LogP contribution in [0.2, 0.25) is 0 Å². The Hall–Kier alpha value is -8.20. The van der Waals surface area contributed by atoms with Gasteiger partial charge in [-0.2, -0.15) is 0 Å². The number of nitrogens with zero attached hydrogens (tertiary/aromatic N) is 1. The van der Waals surface area contributed by atoms with E-state index in [1.165, 1.54) is 72.0 Å². The molecule has 1 unspecified atom stereocenters. The minimum Gasteiger partial charge on any atom is -0.456 e. The van der Waals surface area contributed by atoms with Crippen molar-refractivity contribution in [1.29, 1.82) is 0 Å². The third-order valence-electron chi connectivity index (χ3n) is 15.0. The van der Waals surface area contributed by atoms with Crippen molar-refractivity contribution >= 4 is 55.8 Å². The van der Waals surface area contributed by atoms with Gasteiger partial charge in [0.15, 0.2) is 0 Å². The van der Waals surface area contributed by atoms with Crippen molar-refractivity contribution in [1.82, 2.24) is 0 Å². The van der Waals surface area contributed by atoms with Gasteiger partial charge in [-0.25, -0.2) is 0 Å². The first kappa shape index (κ1) is 45.0. The summed E-state index contributed by atoms with van der Waals surface area (Å²) in [5, 5.41) is 4.75. The lowest BCUT2D eigenvalue weighted by molar-refractivity contribution is 0.565. The highest BCUT2D eigenvalue weighted by atomic mass is 16.3. The van der Waals surface area contributed by atoms with Gasteiger partial charge in [0, 0.05) is 33.5 Å². The fourth-order valence-electron chi connectivity index (χ4n) is 11.1. The maximum absolute atomic E-state index is 6.50. The summed E-state index contributed by atoms with van der Waals surface area (Å²) in [6.07, 6.45) is 5.65. The third-order valence-corrected chi connectivity index (χ3v) is 15.0. The number of hydrogen-bond acceptors (Lipinski definition) is 2. The first-order valence-electron chi connectivity index (χ1n) is 25.5. The molecule has 350 valence electrons. The summed E-state index contributed by atoms with van der Waals surface area (Å²) in [5.41, 5.74) is 21.4. The number of para-hydroxylation sites is 3. The van der Waals surface area contributed by atoms with Gasteiger partial charge in [0.05, 0.1) is 11.4 Å². The molecule has 2 heteroatoms. The van der Waals surface area contributed by atoms with Gasteiger partial charge in [0.2, 0.25) is 0 Å². The number of benzene rings is 10. The second kappa shape index (κ2) is 17.9. The summed E-state index contributed by atoms with van der Waals surface area (Å²) < 4.78 is 6.50. The van der Waals surface area contributed by atoms with Crippen molar-refractivity contribution < 1.29 is 4.42 Å². The zero-order valence-electron chi connectivity index (χ0n) is 42.1. The Morgan fingerprint density at radius 3 is 1.65 bits per heavy atom. The van der Waals surface area contributed by atoms with Crippen LogP contribution in [-0.2, 0) is 10.8 Å². The van der Waals surface area contributed by atoms with E-state index < -0.39 is 0 Å². The minimum absolute atomic E-state index is 0.00687. The average Bonchev–Trinajstić information content (AvgIpc) is 3.80. The van der Waals surface area contributed by atoms with E-state index in [9.17, 15) is 0 Å². The van der Waals surface area contributed by atoms with E-state index in [-0.39, 0.29) is 16.7 Å². The quantitative estimate of drug-likeness (QED) is 0.151. The zero-order valence-corrected chi connectivity index (χ0v) is 42.1. The Bertz CT molecular complexity index is 3820. The minimum atomic E-state index is 0.00687. The molecule has 1 aromatic heterocycles. The van der Waals surface area contributed by atoms with Gasteiger partial charge in [-0.05, 0) is 126 Å². The molecule has 0 fully saturated rings. The molecule has 0 bridgehead atoms. The number of anilines is 3. The van der Waals surface area contributed by atoms with Crippen LogP contribution in [0.25, 0.3) is 83.3 Å². The number of hydrogen-bond donors (Lipinski definition) is 0. The van der Waals surface area contributed by atoms with Crippen molar-refractivity contribution in [3.05, 3.63) is 252 Å². The lowest BCUT2D eigenvalue weighted by atomic mass is 9.74. The normalized spacial score (nSPS) is 13.7. The molecule has 10 aromatic carbocycles. The molecule has 1 aliphatic carbocycles. The number of allylic oxidation sites excluding steroid dienone is 1. The molecule has 1 aliphatic rings. The summed E-state index contributed by atoms with van der Waals surface area (Å²) in [5.74, 6) is 0.177. The lowest BCUT2D eigenvalue weighted by Gasteiger charge is -2.33. The fraction of sp³-hybridized carbons (Fsp3) is 0.143. The molecule has 0 aliphatic heterocycles. The second-order valence-corrected chi connectivity index (χ2v) is 21.6. The fourth-order valence-corrected chi connectivity index (χ4v) is 11.1. The van der Waals surface area contributed by atoms with Crippen LogP contribution >= 0.6 is 0 Å². The van der Waals surface area contributed by atoms with E-state index in [0.717, 1.165) is 56.5 Å². The molecule has 12 rings (SSSR count). The Labute approximate surface area is 424 Å². The van der Waals surface area contributed by atoms with Gasteiger partial charge in [-0.1, -0.05) is 236 Å². The van der Waals surface area contributed by atoms with Crippen LogP contribution in [0.1, 0.15) is 81.7 Å². The highest BCUT2D eigenvalue weighted by Crippen LogP contribution is 2.50. The van der Waals surface area contributed by atoms with Gasteiger partial charge in [-0.15, -0.1) is 0 Å². The molecule has 11 aromatic rings. The van der Waals surface area contributed by atoms with Crippen LogP contribution in [0.3, 0.4) is 0 Å². The monoisotopic (exact) mass is 929 g/mol.